The first kappa shape index (κ1) is 23.8. The number of hydrogen-bond acceptors (Lipinski definition) is 6. The molecular formula is C26H22Cl2O6. The third-order valence-electron chi connectivity index (χ3n) is 5.46. The number of halogens is 2. The molecule has 1 heterocycles. The predicted octanol–water partition coefficient (Wildman–Crippen LogP) is 6.52. The molecule has 0 unspecified atom stereocenters. The van der Waals surface area contributed by atoms with Crippen LogP contribution in [0, 0.1) is 6.92 Å². The average molecular weight is 501 g/mol. The zero-order chi connectivity index (χ0) is 24.4. The Morgan fingerprint density at radius 3 is 2.26 bits per heavy atom. The van der Waals surface area contributed by atoms with Crippen LogP contribution in [0.2, 0.25) is 10.0 Å². The van der Waals surface area contributed by atoms with Crippen LogP contribution in [-0.2, 0) is 6.61 Å². The monoisotopic (exact) mass is 500 g/mol. The Bertz CT molecular complexity index is 1300. The molecule has 176 valence electrons. The molecule has 0 atom stereocenters. The van der Waals surface area contributed by atoms with E-state index in [0.29, 0.717) is 55.5 Å². The molecule has 0 aromatic heterocycles. The minimum absolute atomic E-state index is 0.168. The van der Waals surface area contributed by atoms with Crippen LogP contribution in [0.5, 0.6) is 28.7 Å². The first-order valence-electron chi connectivity index (χ1n) is 10.3. The van der Waals surface area contributed by atoms with Gasteiger partial charge >= 0.3 is 0 Å². The van der Waals surface area contributed by atoms with Crippen LogP contribution in [0.25, 0.3) is 6.08 Å². The molecule has 3 aromatic carbocycles. The van der Waals surface area contributed by atoms with Crippen molar-refractivity contribution in [2.24, 2.45) is 0 Å². The highest BCUT2D eigenvalue weighted by Crippen LogP contribution is 2.41. The van der Waals surface area contributed by atoms with E-state index >= 15 is 0 Å². The Hall–Kier alpha value is -3.35. The maximum absolute atomic E-state index is 13.0. The number of ether oxygens (including phenoxy) is 5. The first-order chi connectivity index (χ1) is 16.4. The Morgan fingerprint density at radius 2 is 1.59 bits per heavy atom. The van der Waals surface area contributed by atoms with Gasteiger partial charge in [-0.25, -0.2) is 0 Å². The number of rotatable bonds is 7. The third kappa shape index (κ3) is 4.52. The lowest BCUT2D eigenvalue weighted by Gasteiger charge is -2.13. The number of carbonyl (C=O) groups excluding carboxylic acids is 1. The highest BCUT2D eigenvalue weighted by molar-refractivity contribution is 6.35. The summed E-state index contributed by atoms with van der Waals surface area (Å²) < 4.78 is 28.1. The molecule has 0 fully saturated rings. The minimum atomic E-state index is -0.234. The largest absolute Gasteiger partial charge is 0.496 e. The molecule has 0 saturated heterocycles. The smallest absolute Gasteiger partial charge is 0.231 e. The van der Waals surface area contributed by atoms with E-state index in [2.05, 4.69) is 0 Å². The molecule has 0 saturated carbocycles. The molecule has 3 aromatic rings. The molecular weight excluding hydrogens is 479 g/mol. The topological polar surface area (TPSA) is 63.2 Å². The van der Waals surface area contributed by atoms with Crippen molar-refractivity contribution in [3.63, 3.8) is 0 Å². The van der Waals surface area contributed by atoms with Crippen molar-refractivity contribution in [3.05, 3.63) is 80.5 Å². The Morgan fingerprint density at radius 1 is 0.882 bits per heavy atom. The predicted molar refractivity (Wildman–Crippen MR) is 131 cm³/mol. The standard InChI is InChI=1S/C26H22Cl2O6/c1-14-20(33-13-15-5-6-17(27)11-19(15)28)8-7-18-25(29)24(34-26(14)18)10-16-9-22(31-3)23(32-4)12-21(16)30-2/h5-12H,13H2,1-4H3/b24-10-. The summed E-state index contributed by atoms with van der Waals surface area (Å²) in [6.07, 6.45) is 1.62. The summed E-state index contributed by atoms with van der Waals surface area (Å²) in [6.45, 7) is 2.08. The summed E-state index contributed by atoms with van der Waals surface area (Å²) in [5.74, 6) is 2.51. The quantitative estimate of drug-likeness (QED) is 0.344. The van der Waals surface area contributed by atoms with Crippen LogP contribution in [0.3, 0.4) is 0 Å². The molecule has 0 amide bonds. The second-order valence-corrected chi connectivity index (χ2v) is 8.32. The van der Waals surface area contributed by atoms with E-state index in [1.54, 1.807) is 49.6 Å². The number of ketones is 1. The van der Waals surface area contributed by atoms with Gasteiger partial charge < -0.3 is 23.7 Å². The molecule has 0 spiro atoms. The average Bonchev–Trinajstić information content (AvgIpc) is 3.15. The summed E-state index contributed by atoms with van der Waals surface area (Å²) >= 11 is 12.2. The normalized spacial score (nSPS) is 13.5. The number of benzene rings is 3. The fraction of sp³-hybridized carbons (Fsp3) is 0.192. The van der Waals surface area contributed by atoms with Gasteiger partial charge in [-0.1, -0.05) is 29.3 Å². The Balaban J connectivity index is 1.62. The van der Waals surface area contributed by atoms with E-state index in [-0.39, 0.29) is 18.1 Å². The molecule has 0 aliphatic carbocycles. The lowest BCUT2D eigenvalue weighted by Crippen LogP contribution is -2.00. The van der Waals surface area contributed by atoms with Crippen molar-refractivity contribution >= 4 is 35.1 Å². The fourth-order valence-corrected chi connectivity index (χ4v) is 4.09. The highest BCUT2D eigenvalue weighted by Gasteiger charge is 2.30. The van der Waals surface area contributed by atoms with Crippen LogP contribution in [0.1, 0.15) is 27.0 Å². The fourth-order valence-electron chi connectivity index (χ4n) is 3.63. The maximum atomic E-state index is 13.0. The van der Waals surface area contributed by atoms with E-state index in [9.17, 15) is 4.79 Å². The van der Waals surface area contributed by atoms with E-state index < -0.39 is 0 Å². The van der Waals surface area contributed by atoms with Crippen molar-refractivity contribution in [1.82, 2.24) is 0 Å². The lowest BCUT2D eigenvalue weighted by atomic mass is 10.1. The number of methoxy groups -OCH3 is 3. The SMILES string of the molecule is COc1cc(OC)c(OC)cc1/C=C1\Oc2c(ccc(OCc3ccc(Cl)cc3Cl)c2C)C1=O. The van der Waals surface area contributed by atoms with Gasteiger partial charge in [0.05, 0.1) is 26.9 Å². The van der Waals surface area contributed by atoms with Gasteiger partial charge in [-0.2, -0.15) is 0 Å². The van der Waals surface area contributed by atoms with Gasteiger partial charge in [0.25, 0.3) is 0 Å². The van der Waals surface area contributed by atoms with Gasteiger partial charge in [-0.15, -0.1) is 0 Å². The van der Waals surface area contributed by atoms with Crippen LogP contribution in [0.4, 0.5) is 0 Å². The molecule has 1 aliphatic rings. The van der Waals surface area contributed by atoms with Crippen molar-refractivity contribution in [2.75, 3.05) is 21.3 Å². The summed E-state index contributed by atoms with van der Waals surface area (Å²) in [5, 5.41) is 1.08. The van der Waals surface area contributed by atoms with E-state index in [1.807, 2.05) is 13.0 Å². The number of hydrogen-bond donors (Lipinski definition) is 0. The summed E-state index contributed by atoms with van der Waals surface area (Å²) in [5.41, 5.74) is 2.57. The zero-order valence-electron chi connectivity index (χ0n) is 19.0. The van der Waals surface area contributed by atoms with Gasteiger partial charge in [0.15, 0.2) is 17.3 Å². The third-order valence-corrected chi connectivity index (χ3v) is 6.04. The molecule has 8 heteroatoms. The molecule has 0 N–H and O–H groups in total. The van der Waals surface area contributed by atoms with E-state index in [4.69, 9.17) is 46.9 Å². The van der Waals surface area contributed by atoms with Crippen LogP contribution in [0.15, 0.2) is 48.2 Å². The lowest BCUT2D eigenvalue weighted by molar-refractivity contribution is 0.101. The highest BCUT2D eigenvalue weighted by atomic mass is 35.5. The molecule has 34 heavy (non-hydrogen) atoms. The summed E-state index contributed by atoms with van der Waals surface area (Å²) in [6, 6.07) is 12.1. The van der Waals surface area contributed by atoms with E-state index in [1.165, 1.54) is 14.2 Å². The molecule has 0 bridgehead atoms. The number of fused-ring (bicyclic) bond motifs is 1. The van der Waals surface area contributed by atoms with Crippen molar-refractivity contribution in [2.45, 2.75) is 13.5 Å². The molecule has 6 nitrogen and oxygen atoms in total. The number of allylic oxidation sites excluding steroid dienone is 1. The number of Topliss-reactive ketones (excluding diaryl/α,β-unsaturated/α-hetero) is 1. The van der Waals surface area contributed by atoms with Gasteiger partial charge in [-0.05, 0) is 43.3 Å². The van der Waals surface area contributed by atoms with Gasteiger partial charge in [0, 0.05) is 32.8 Å². The Kier molecular flexibility index (Phi) is 6.91. The first-order valence-corrected chi connectivity index (χ1v) is 11.1. The Labute approximate surface area is 207 Å². The molecule has 0 radical (unpaired) electrons. The van der Waals surface area contributed by atoms with Crippen molar-refractivity contribution < 1.29 is 28.5 Å². The number of carbonyl (C=O) groups is 1. The van der Waals surface area contributed by atoms with Crippen molar-refractivity contribution in [1.29, 1.82) is 0 Å². The van der Waals surface area contributed by atoms with Gasteiger partial charge in [0.2, 0.25) is 5.78 Å². The van der Waals surface area contributed by atoms with Crippen LogP contribution in [-0.4, -0.2) is 27.1 Å². The maximum Gasteiger partial charge on any atom is 0.231 e. The summed E-state index contributed by atoms with van der Waals surface area (Å²) in [4.78, 5) is 13.0. The van der Waals surface area contributed by atoms with Crippen LogP contribution < -0.4 is 23.7 Å². The molecule has 1 aliphatic heterocycles. The van der Waals surface area contributed by atoms with Crippen molar-refractivity contribution in [3.8, 4) is 28.7 Å². The second-order valence-electron chi connectivity index (χ2n) is 7.48. The minimum Gasteiger partial charge on any atom is -0.496 e. The second kappa shape index (κ2) is 9.87. The van der Waals surface area contributed by atoms with Gasteiger partial charge in [-0.3, -0.25) is 4.79 Å². The van der Waals surface area contributed by atoms with Gasteiger partial charge in [0.1, 0.15) is 23.9 Å². The van der Waals surface area contributed by atoms with E-state index in [0.717, 1.165) is 5.56 Å². The zero-order valence-corrected chi connectivity index (χ0v) is 20.5. The summed E-state index contributed by atoms with van der Waals surface area (Å²) in [7, 11) is 4.62. The van der Waals surface area contributed by atoms with Crippen LogP contribution >= 0.6 is 23.2 Å². The molecule has 4 rings (SSSR count).